The minimum Gasteiger partial charge on any atom is -0.382 e. The van der Waals surface area contributed by atoms with E-state index >= 15 is 0 Å². The summed E-state index contributed by atoms with van der Waals surface area (Å²) in [5.74, 6) is 0. The van der Waals surface area contributed by atoms with Crippen LogP contribution >= 0.6 is 0 Å². The van der Waals surface area contributed by atoms with Crippen molar-refractivity contribution in [2.24, 2.45) is 0 Å². The van der Waals surface area contributed by atoms with Crippen LogP contribution in [0.25, 0.3) is 16.9 Å². The van der Waals surface area contributed by atoms with Crippen LogP contribution in [0.3, 0.4) is 0 Å². The lowest BCUT2D eigenvalue weighted by Crippen LogP contribution is -2.26. The Morgan fingerprint density at radius 1 is 1.23 bits per heavy atom. The standard InChI is InChI=1S/C17H15N5/c18-10-12-8-15-4-5-17(22(15)20-11-12)16-9-14(6-7-19-16)21-13-2-1-3-13/h4-9,11,13H,1-3H2,(H,19,21). The highest BCUT2D eigenvalue weighted by molar-refractivity contribution is 5.67. The minimum atomic E-state index is 0.561. The molecule has 0 saturated heterocycles. The van der Waals surface area contributed by atoms with E-state index in [1.165, 1.54) is 19.3 Å². The maximum Gasteiger partial charge on any atom is 0.101 e. The summed E-state index contributed by atoms with van der Waals surface area (Å²) in [5, 5.41) is 16.8. The first-order valence-corrected chi connectivity index (χ1v) is 7.44. The quantitative estimate of drug-likeness (QED) is 0.804. The first-order chi connectivity index (χ1) is 10.8. The summed E-state index contributed by atoms with van der Waals surface area (Å²) < 4.78 is 1.82. The third-order valence-corrected chi connectivity index (χ3v) is 4.13. The predicted molar refractivity (Wildman–Crippen MR) is 84.4 cm³/mol. The lowest BCUT2D eigenvalue weighted by atomic mass is 9.93. The summed E-state index contributed by atoms with van der Waals surface area (Å²) in [4.78, 5) is 4.46. The van der Waals surface area contributed by atoms with Crippen LogP contribution in [0.4, 0.5) is 5.69 Å². The summed E-state index contributed by atoms with van der Waals surface area (Å²) in [7, 11) is 0. The highest BCUT2D eigenvalue weighted by atomic mass is 15.2. The van der Waals surface area contributed by atoms with Gasteiger partial charge in [0, 0.05) is 17.9 Å². The van der Waals surface area contributed by atoms with Crippen LogP contribution in [0.1, 0.15) is 24.8 Å². The molecule has 0 spiro atoms. The molecule has 0 bridgehead atoms. The first-order valence-electron chi connectivity index (χ1n) is 7.44. The zero-order valence-corrected chi connectivity index (χ0v) is 12.0. The van der Waals surface area contributed by atoms with E-state index in [2.05, 4.69) is 27.5 Å². The van der Waals surface area contributed by atoms with E-state index in [4.69, 9.17) is 5.26 Å². The Kier molecular flexibility index (Phi) is 3.01. The van der Waals surface area contributed by atoms with Gasteiger partial charge in [-0.15, -0.1) is 0 Å². The Labute approximate surface area is 128 Å². The van der Waals surface area contributed by atoms with Crippen LogP contribution in [0.15, 0.2) is 42.7 Å². The average Bonchev–Trinajstić information content (AvgIpc) is 2.94. The molecule has 5 nitrogen and oxygen atoms in total. The molecule has 22 heavy (non-hydrogen) atoms. The molecule has 1 N–H and O–H groups in total. The van der Waals surface area contributed by atoms with Crippen molar-refractivity contribution in [3.63, 3.8) is 0 Å². The van der Waals surface area contributed by atoms with Gasteiger partial charge in [0.1, 0.15) is 6.07 Å². The number of aromatic nitrogens is 3. The van der Waals surface area contributed by atoms with Gasteiger partial charge in [-0.1, -0.05) is 0 Å². The van der Waals surface area contributed by atoms with E-state index in [-0.39, 0.29) is 0 Å². The number of hydrogen-bond donors (Lipinski definition) is 1. The lowest BCUT2D eigenvalue weighted by Gasteiger charge is -2.27. The number of anilines is 1. The van der Waals surface area contributed by atoms with Gasteiger partial charge in [0.25, 0.3) is 0 Å². The van der Waals surface area contributed by atoms with Gasteiger partial charge < -0.3 is 5.32 Å². The molecule has 0 radical (unpaired) electrons. The van der Waals surface area contributed by atoms with Crippen LogP contribution in [0.5, 0.6) is 0 Å². The van der Waals surface area contributed by atoms with E-state index in [0.29, 0.717) is 11.6 Å². The second-order valence-corrected chi connectivity index (χ2v) is 5.61. The fourth-order valence-electron chi connectivity index (χ4n) is 2.70. The summed E-state index contributed by atoms with van der Waals surface area (Å²) in [6.07, 6.45) is 7.19. The van der Waals surface area contributed by atoms with Crippen molar-refractivity contribution in [1.82, 2.24) is 14.6 Å². The molecular formula is C17H15N5. The fraction of sp³-hybridized carbons (Fsp3) is 0.235. The zero-order chi connectivity index (χ0) is 14.9. The highest BCUT2D eigenvalue weighted by Gasteiger charge is 2.17. The minimum absolute atomic E-state index is 0.561. The molecule has 5 heteroatoms. The van der Waals surface area contributed by atoms with Gasteiger partial charge in [-0.3, -0.25) is 4.98 Å². The van der Waals surface area contributed by atoms with Crippen molar-refractivity contribution in [3.8, 4) is 17.5 Å². The maximum absolute atomic E-state index is 8.95. The monoisotopic (exact) mass is 289 g/mol. The molecule has 0 aliphatic heterocycles. The molecule has 0 amide bonds. The zero-order valence-electron chi connectivity index (χ0n) is 12.0. The topological polar surface area (TPSA) is 66.0 Å². The molecule has 0 atom stereocenters. The van der Waals surface area contributed by atoms with Crippen LogP contribution in [0, 0.1) is 11.3 Å². The van der Waals surface area contributed by atoms with Crippen molar-refractivity contribution in [3.05, 3.63) is 48.3 Å². The lowest BCUT2D eigenvalue weighted by molar-refractivity contribution is 0.445. The molecule has 108 valence electrons. The second kappa shape index (κ2) is 5.15. The Balaban J connectivity index is 1.72. The molecule has 0 unspecified atom stereocenters. The van der Waals surface area contributed by atoms with Crippen molar-refractivity contribution < 1.29 is 0 Å². The van der Waals surface area contributed by atoms with Gasteiger partial charge in [-0.2, -0.15) is 10.4 Å². The van der Waals surface area contributed by atoms with E-state index < -0.39 is 0 Å². The maximum atomic E-state index is 8.95. The van der Waals surface area contributed by atoms with Gasteiger partial charge in [0.2, 0.25) is 0 Å². The smallest absolute Gasteiger partial charge is 0.101 e. The van der Waals surface area contributed by atoms with Crippen LogP contribution in [-0.2, 0) is 0 Å². The average molecular weight is 289 g/mol. The molecule has 4 rings (SSSR count). The Bertz CT molecular complexity index is 870. The second-order valence-electron chi connectivity index (χ2n) is 5.61. The molecule has 3 aromatic rings. The van der Waals surface area contributed by atoms with Gasteiger partial charge in [-0.25, -0.2) is 4.52 Å². The van der Waals surface area contributed by atoms with E-state index in [1.54, 1.807) is 6.20 Å². The third kappa shape index (κ3) is 2.19. The number of fused-ring (bicyclic) bond motifs is 1. The third-order valence-electron chi connectivity index (χ3n) is 4.13. The van der Waals surface area contributed by atoms with E-state index in [0.717, 1.165) is 22.6 Å². The number of nitrogens with zero attached hydrogens (tertiary/aromatic N) is 4. The Morgan fingerprint density at radius 2 is 2.14 bits per heavy atom. The molecule has 1 saturated carbocycles. The summed E-state index contributed by atoms with van der Waals surface area (Å²) in [5.41, 5.74) is 4.36. The number of hydrogen-bond acceptors (Lipinski definition) is 4. The van der Waals surface area contributed by atoms with Crippen LogP contribution < -0.4 is 5.32 Å². The molecule has 3 aromatic heterocycles. The van der Waals surface area contributed by atoms with Crippen LogP contribution in [0.2, 0.25) is 0 Å². The van der Waals surface area contributed by atoms with Crippen LogP contribution in [-0.4, -0.2) is 20.6 Å². The SMILES string of the molecule is N#Cc1cnn2c(-c3cc(NC4CCC4)ccn3)ccc2c1. The normalized spacial score (nSPS) is 14.5. The number of nitriles is 1. The van der Waals surface area contributed by atoms with Crippen molar-refractivity contribution >= 4 is 11.2 Å². The highest BCUT2D eigenvalue weighted by Crippen LogP contribution is 2.26. The van der Waals surface area contributed by atoms with Crippen molar-refractivity contribution in [2.75, 3.05) is 5.32 Å². The summed E-state index contributed by atoms with van der Waals surface area (Å²) >= 11 is 0. The molecule has 1 fully saturated rings. The predicted octanol–water partition coefficient (Wildman–Crippen LogP) is 3.23. The molecule has 0 aromatic carbocycles. The Morgan fingerprint density at radius 3 is 2.91 bits per heavy atom. The van der Waals surface area contributed by atoms with Gasteiger partial charge in [0.05, 0.1) is 28.7 Å². The molecule has 1 aliphatic rings. The van der Waals surface area contributed by atoms with Gasteiger partial charge in [0.15, 0.2) is 0 Å². The van der Waals surface area contributed by atoms with Gasteiger partial charge >= 0.3 is 0 Å². The largest absolute Gasteiger partial charge is 0.382 e. The fourth-order valence-corrected chi connectivity index (χ4v) is 2.70. The molecule has 1 aliphatic carbocycles. The van der Waals surface area contributed by atoms with Crippen molar-refractivity contribution in [2.45, 2.75) is 25.3 Å². The Hall–Kier alpha value is -2.87. The molecular weight excluding hydrogens is 274 g/mol. The number of rotatable bonds is 3. The van der Waals surface area contributed by atoms with E-state index in [9.17, 15) is 0 Å². The summed E-state index contributed by atoms with van der Waals surface area (Å²) in [6.45, 7) is 0. The van der Waals surface area contributed by atoms with E-state index in [1.807, 2.05) is 35.0 Å². The first kappa shape index (κ1) is 12.8. The number of nitrogens with one attached hydrogen (secondary N) is 1. The summed E-state index contributed by atoms with van der Waals surface area (Å²) in [6, 6.07) is 12.5. The van der Waals surface area contributed by atoms with Gasteiger partial charge in [-0.05, 0) is 49.6 Å². The molecule has 3 heterocycles. The van der Waals surface area contributed by atoms with Crippen molar-refractivity contribution in [1.29, 1.82) is 5.26 Å². The number of pyridine rings is 1.